The predicted octanol–water partition coefficient (Wildman–Crippen LogP) is 2.08. The maximum Gasteiger partial charge on any atom is 0.507 e. The van der Waals surface area contributed by atoms with Crippen LogP contribution in [0.5, 0.6) is 0 Å². The van der Waals surface area contributed by atoms with Crippen molar-refractivity contribution >= 4 is 28.3 Å². The van der Waals surface area contributed by atoms with Gasteiger partial charge in [0.15, 0.2) is 0 Å². The third-order valence-electron chi connectivity index (χ3n) is 1.34. The summed E-state index contributed by atoms with van der Waals surface area (Å²) in [7, 11) is 7.54. The molecule has 0 aliphatic carbocycles. The third-order valence-corrected chi connectivity index (χ3v) is 4.59. The van der Waals surface area contributed by atoms with E-state index in [1.165, 1.54) is 0 Å². The molecule has 0 aromatic rings. The molecule has 0 aliphatic rings. The van der Waals surface area contributed by atoms with Crippen LogP contribution in [0.25, 0.3) is 0 Å². The van der Waals surface area contributed by atoms with Gasteiger partial charge in [-0.1, -0.05) is 13.8 Å². The largest absolute Gasteiger partial charge is 0.507 e. The molecule has 0 atom stereocenters. The lowest BCUT2D eigenvalue weighted by Gasteiger charge is -2.19. The maximum atomic E-state index is 5.81. The van der Waals surface area contributed by atoms with Gasteiger partial charge in [-0.15, -0.1) is 3.54 Å². The number of hydrogen-bond acceptors (Lipinski definition) is 1. The van der Waals surface area contributed by atoms with E-state index in [9.17, 15) is 0 Å². The molecule has 0 saturated carbocycles. The summed E-state index contributed by atoms with van der Waals surface area (Å²) in [4.78, 5) is 0. The van der Waals surface area contributed by atoms with Crippen molar-refractivity contribution in [2.45, 2.75) is 23.8 Å². The molecule has 0 N–H and O–H groups in total. The number of ether oxygens (including phenoxy) is 1. The zero-order valence-corrected chi connectivity index (χ0v) is 8.58. The monoisotopic (exact) mass is 160 g/mol. The molecule has 0 aromatic carbocycles. The van der Waals surface area contributed by atoms with Crippen LogP contribution in [0.2, 0.25) is 3.54 Å². The van der Waals surface area contributed by atoms with Crippen molar-refractivity contribution in [3.05, 3.63) is 0 Å². The molecule has 0 aromatic heterocycles. The molecule has 3 heteroatoms. The van der Waals surface area contributed by atoms with Crippen molar-refractivity contribution in [2.24, 2.45) is 0 Å². The molecule has 0 radical (unpaired) electrons. The second-order valence-corrected chi connectivity index (χ2v) is 6.02. The quantitative estimate of drug-likeness (QED) is 0.573. The van der Waals surface area contributed by atoms with E-state index in [-0.39, 0.29) is 19.3 Å². The van der Waals surface area contributed by atoms with Gasteiger partial charge in [0.25, 0.3) is 0 Å². The molecule has 0 fully saturated rings. The van der Waals surface area contributed by atoms with Crippen LogP contribution < -0.4 is 0 Å². The molecule has 0 rings (SSSR count). The fourth-order valence-electron chi connectivity index (χ4n) is 0.445. The first-order valence-electron chi connectivity index (χ1n) is 3.17. The Labute approximate surface area is 70.6 Å². The Morgan fingerprint density at radius 3 is 2.44 bits per heavy atom. The van der Waals surface area contributed by atoms with E-state index in [1.54, 1.807) is 7.11 Å². The summed E-state index contributed by atoms with van der Waals surface area (Å²) < 4.78 is 5.32. The lowest BCUT2D eigenvalue weighted by atomic mass is 10.1. The minimum Gasteiger partial charge on any atom is -0.385 e. The molecule has 1 nitrogen and oxygen atoms in total. The van der Waals surface area contributed by atoms with E-state index in [0.29, 0.717) is 3.54 Å². The van der Waals surface area contributed by atoms with E-state index in [0.717, 1.165) is 13.0 Å². The zero-order valence-electron chi connectivity index (χ0n) is 6.41. The first-order chi connectivity index (χ1) is 4.12. The first-order valence-corrected chi connectivity index (χ1v) is 6.02. The topological polar surface area (TPSA) is 9.23 Å². The van der Waals surface area contributed by atoms with Crippen LogP contribution in [0.3, 0.4) is 0 Å². The zero-order chi connectivity index (χ0) is 7.33. The number of halogens is 1. The average Bonchev–Trinajstić information content (AvgIpc) is 1.84. The first kappa shape index (κ1) is 10.0. The van der Waals surface area contributed by atoms with Crippen molar-refractivity contribution in [1.29, 1.82) is 0 Å². The minimum atomic E-state index is -0.386. The number of methoxy groups -OCH3 is 1. The Bertz CT molecular complexity index is 75.5. The summed E-state index contributed by atoms with van der Waals surface area (Å²) in [6, 6.07) is 0. The van der Waals surface area contributed by atoms with Crippen LogP contribution >= 0.6 is 9.07 Å². The molecular weight excluding hydrogens is 148 g/mol. The molecule has 0 amide bonds. The summed E-state index contributed by atoms with van der Waals surface area (Å²) >= 11 is -0.386. The van der Waals surface area contributed by atoms with Crippen LogP contribution in [-0.4, -0.2) is 33.0 Å². The normalized spacial score (nSPS) is 11.1. The molecule has 0 saturated heterocycles. The van der Waals surface area contributed by atoms with Crippen LogP contribution in [0.4, 0.5) is 0 Å². The number of rotatable bonds is 4. The van der Waals surface area contributed by atoms with E-state index in [1.807, 2.05) is 0 Å². The van der Waals surface area contributed by atoms with Crippen molar-refractivity contribution in [2.75, 3.05) is 13.7 Å². The van der Waals surface area contributed by atoms with Crippen molar-refractivity contribution in [3.8, 4) is 0 Å². The Kier molecular flexibility index (Phi) is 5.31. The second-order valence-electron chi connectivity index (χ2n) is 3.04. The molecule has 0 bridgehead atoms. The highest BCUT2D eigenvalue weighted by Crippen LogP contribution is 2.27. The smallest absolute Gasteiger partial charge is 0.385 e. The highest BCUT2D eigenvalue weighted by Gasteiger charge is 2.18. The Morgan fingerprint density at radius 2 is 2.11 bits per heavy atom. The maximum absolute atomic E-state index is 5.81. The van der Waals surface area contributed by atoms with E-state index < -0.39 is 0 Å². The van der Waals surface area contributed by atoms with Gasteiger partial charge in [-0.2, -0.15) is 0 Å². The van der Waals surface area contributed by atoms with Crippen LogP contribution in [-0.2, 0) is 4.74 Å². The standard InChI is InChI=1S/C6H13O.ClH.Mg/c1-6(2)4-5-7-3;;/h4-5H2,1-3H3;1H;/q;;+1/p-1. The van der Waals surface area contributed by atoms with Gasteiger partial charge in [-0.3, -0.25) is 0 Å². The van der Waals surface area contributed by atoms with Gasteiger partial charge in [0.2, 0.25) is 0 Å². The molecule has 0 aliphatic heterocycles. The van der Waals surface area contributed by atoms with E-state index in [2.05, 4.69) is 13.8 Å². The summed E-state index contributed by atoms with van der Waals surface area (Å²) in [6.07, 6.45) is 1.10. The van der Waals surface area contributed by atoms with E-state index >= 15 is 0 Å². The third kappa shape index (κ3) is 5.46. The number of hydrogen-bond donors (Lipinski definition) is 0. The van der Waals surface area contributed by atoms with Crippen LogP contribution in [0.1, 0.15) is 20.3 Å². The van der Waals surface area contributed by atoms with Gasteiger partial charge in [0.05, 0.1) is 0 Å². The lowest BCUT2D eigenvalue weighted by Crippen LogP contribution is -2.10. The summed E-state index contributed by atoms with van der Waals surface area (Å²) in [5, 5.41) is 0. The Morgan fingerprint density at radius 1 is 1.56 bits per heavy atom. The van der Waals surface area contributed by atoms with Crippen LogP contribution in [0.15, 0.2) is 0 Å². The molecule has 0 unspecified atom stereocenters. The molecule has 0 spiro atoms. The fourth-order valence-corrected chi connectivity index (χ4v) is 1.12. The van der Waals surface area contributed by atoms with Crippen molar-refractivity contribution in [3.63, 3.8) is 0 Å². The van der Waals surface area contributed by atoms with Crippen LogP contribution in [0, 0.1) is 0 Å². The Hall–Kier alpha value is 1.02. The lowest BCUT2D eigenvalue weighted by molar-refractivity contribution is 0.185. The fraction of sp³-hybridized carbons (Fsp3) is 1.00. The molecule has 0 heterocycles. The Balaban J connectivity index is 3.33. The van der Waals surface area contributed by atoms with Gasteiger partial charge in [-0.05, 0) is 6.42 Å². The van der Waals surface area contributed by atoms with Gasteiger partial charge >= 0.3 is 19.3 Å². The highest BCUT2D eigenvalue weighted by molar-refractivity contribution is 6.95. The highest BCUT2D eigenvalue weighted by atomic mass is 35.5. The molecular formula is C6H13ClMgO. The van der Waals surface area contributed by atoms with Crippen molar-refractivity contribution < 1.29 is 4.74 Å². The summed E-state index contributed by atoms with van der Waals surface area (Å²) in [5.41, 5.74) is 0. The van der Waals surface area contributed by atoms with E-state index in [4.69, 9.17) is 13.8 Å². The minimum absolute atomic E-state index is 0.373. The SMILES string of the molecule is COCC[C](C)(C)[Mg][Cl]. The predicted molar refractivity (Wildman–Crippen MR) is 42.1 cm³/mol. The molecule has 52 valence electrons. The van der Waals surface area contributed by atoms with Gasteiger partial charge < -0.3 is 13.8 Å². The van der Waals surface area contributed by atoms with Gasteiger partial charge in [0, 0.05) is 13.7 Å². The van der Waals surface area contributed by atoms with Crippen molar-refractivity contribution in [1.82, 2.24) is 0 Å². The van der Waals surface area contributed by atoms with Gasteiger partial charge in [0.1, 0.15) is 0 Å². The molecule has 9 heavy (non-hydrogen) atoms. The average molecular weight is 161 g/mol. The second kappa shape index (κ2) is 4.77. The summed E-state index contributed by atoms with van der Waals surface area (Å²) in [6.45, 7) is 5.24. The summed E-state index contributed by atoms with van der Waals surface area (Å²) in [5.74, 6) is 0. The van der Waals surface area contributed by atoms with Gasteiger partial charge in [-0.25, -0.2) is 0 Å².